The van der Waals surface area contributed by atoms with E-state index >= 15 is 0 Å². The summed E-state index contributed by atoms with van der Waals surface area (Å²) in [5.41, 5.74) is 6.04. The van der Waals surface area contributed by atoms with Crippen molar-refractivity contribution in [3.8, 4) is 0 Å². The van der Waals surface area contributed by atoms with E-state index < -0.39 is 83.1 Å². The first kappa shape index (κ1) is 37.8. The lowest BCUT2D eigenvalue weighted by Crippen LogP contribution is -2.69. The van der Waals surface area contributed by atoms with Gasteiger partial charge in [-0.3, -0.25) is 34.0 Å². The molecule has 0 aromatic rings. The van der Waals surface area contributed by atoms with Gasteiger partial charge < -0.3 is 19.9 Å². The van der Waals surface area contributed by atoms with Crippen LogP contribution in [-0.2, 0) is 33.5 Å². The van der Waals surface area contributed by atoms with Crippen LogP contribution in [-0.4, -0.2) is 124 Å². The molecule has 4 aliphatic rings. The Hall–Kier alpha value is -2.97. The van der Waals surface area contributed by atoms with Crippen LogP contribution < -0.4 is 16.2 Å². The number of amides is 5. The molecule has 48 heavy (non-hydrogen) atoms. The van der Waals surface area contributed by atoms with Gasteiger partial charge in [-0.25, -0.2) is 15.6 Å². The minimum absolute atomic E-state index is 0.00165. The maximum Gasteiger partial charge on any atom is 0.329 e. The van der Waals surface area contributed by atoms with Gasteiger partial charge in [0, 0.05) is 26.7 Å². The van der Waals surface area contributed by atoms with Crippen molar-refractivity contribution in [1.82, 2.24) is 36.0 Å². The number of rotatable bonds is 4. The topological polar surface area (TPSA) is 161 Å². The Kier molecular flexibility index (Phi) is 12.4. The van der Waals surface area contributed by atoms with Crippen LogP contribution >= 0.6 is 11.6 Å². The number of ether oxygens (including phenoxy) is 1. The molecule has 4 fully saturated rings. The first-order valence-corrected chi connectivity index (χ1v) is 17.8. The molecule has 3 N–H and O–H groups in total. The molecule has 0 aromatic heterocycles. The van der Waals surface area contributed by atoms with E-state index in [0.29, 0.717) is 38.8 Å². The van der Waals surface area contributed by atoms with Crippen LogP contribution in [0.3, 0.4) is 0 Å². The molecule has 4 heterocycles. The highest BCUT2D eigenvalue weighted by Crippen LogP contribution is 2.29. The number of nitrogens with zero attached hydrogens (tertiary/aromatic N) is 4. The van der Waals surface area contributed by atoms with Gasteiger partial charge in [-0.2, -0.15) is 0 Å². The second-order valence-electron chi connectivity index (χ2n) is 15.0. The summed E-state index contributed by atoms with van der Waals surface area (Å²) >= 11 is 6.52. The van der Waals surface area contributed by atoms with Crippen molar-refractivity contribution >= 4 is 47.1 Å². The minimum atomic E-state index is -1.29. The number of carbonyl (C=O) groups excluding carboxylic acids is 6. The van der Waals surface area contributed by atoms with E-state index in [1.54, 1.807) is 34.7 Å². The third-order valence-electron chi connectivity index (χ3n) is 9.77. The van der Waals surface area contributed by atoms with Gasteiger partial charge in [0.15, 0.2) is 6.10 Å². The van der Waals surface area contributed by atoms with E-state index in [-0.39, 0.29) is 30.7 Å². The lowest BCUT2D eigenvalue weighted by Gasteiger charge is -2.44. The second-order valence-corrected chi connectivity index (χ2v) is 15.6. The van der Waals surface area contributed by atoms with Gasteiger partial charge in [0.25, 0.3) is 11.8 Å². The van der Waals surface area contributed by atoms with Crippen LogP contribution in [0.25, 0.3) is 0 Å². The second kappa shape index (κ2) is 15.7. The predicted octanol–water partition coefficient (Wildman–Crippen LogP) is 1.03. The van der Waals surface area contributed by atoms with Gasteiger partial charge in [-0.1, -0.05) is 48.5 Å². The Morgan fingerprint density at radius 3 is 2.12 bits per heavy atom. The highest BCUT2D eigenvalue weighted by atomic mass is 35.5. The average molecular weight is 696 g/mol. The van der Waals surface area contributed by atoms with Crippen LogP contribution in [0, 0.1) is 23.7 Å². The number of cyclic esters (lactones) is 1. The average Bonchev–Trinajstić information content (AvgIpc) is 3.43. The number of nitrogens with one attached hydrogen (secondary N) is 3. The molecular weight excluding hydrogens is 642 g/mol. The molecule has 8 atom stereocenters. The smallest absolute Gasteiger partial charge is 0.329 e. The van der Waals surface area contributed by atoms with E-state index in [1.165, 1.54) is 19.8 Å². The zero-order chi connectivity index (χ0) is 35.6. The van der Waals surface area contributed by atoms with Crippen LogP contribution in [0.5, 0.6) is 0 Å². The fourth-order valence-electron chi connectivity index (χ4n) is 7.09. The van der Waals surface area contributed by atoms with E-state index in [0.717, 1.165) is 0 Å². The standard InChI is InChI=1S/C33H54ClN7O7/c1-17(2)12-24-30(44)39-16-20(7)13-23(39)28(42)37-26(18(3)4)33(47)48-27(19(5)6)32(46)41-25(14-21(34)15-36-41)31(45)40-22(10-9-11-35-40)29(43)38(24)8/h17-27,35-36H,9-16H2,1-8H3,(H,37,42). The summed E-state index contributed by atoms with van der Waals surface area (Å²) in [5.74, 6) is -4.07. The Labute approximate surface area is 288 Å². The number of hydrogen-bond donors (Lipinski definition) is 3. The monoisotopic (exact) mass is 695 g/mol. The summed E-state index contributed by atoms with van der Waals surface area (Å²) in [6.07, 6.45) is 0.486. The minimum Gasteiger partial charge on any atom is -0.450 e. The highest BCUT2D eigenvalue weighted by Gasteiger charge is 2.48. The molecule has 270 valence electrons. The molecule has 15 heteroatoms. The van der Waals surface area contributed by atoms with E-state index in [4.69, 9.17) is 16.3 Å². The zero-order valence-electron chi connectivity index (χ0n) is 29.5. The third kappa shape index (κ3) is 8.07. The van der Waals surface area contributed by atoms with Gasteiger partial charge in [0.1, 0.15) is 30.2 Å². The third-order valence-corrected chi connectivity index (χ3v) is 10.1. The first-order chi connectivity index (χ1) is 22.5. The van der Waals surface area contributed by atoms with Crippen LogP contribution in [0.15, 0.2) is 0 Å². The Morgan fingerprint density at radius 1 is 0.833 bits per heavy atom. The van der Waals surface area contributed by atoms with Crippen molar-refractivity contribution in [2.75, 3.05) is 26.7 Å². The van der Waals surface area contributed by atoms with Crippen molar-refractivity contribution in [2.24, 2.45) is 23.7 Å². The number of halogens is 1. The molecule has 14 nitrogen and oxygen atoms in total. The molecule has 0 aliphatic carbocycles. The lowest BCUT2D eigenvalue weighted by atomic mass is 9.97. The van der Waals surface area contributed by atoms with Crippen LogP contribution in [0.2, 0.25) is 0 Å². The van der Waals surface area contributed by atoms with Crippen molar-refractivity contribution in [3.63, 3.8) is 0 Å². The largest absolute Gasteiger partial charge is 0.450 e. The maximum atomic E-state index is 14.4. The molecule has 0 spiro atoms. The van der Waals surface area contributed by atoms with E-state index in [2.05, 4.69) is 16.2 Å². The van der Waals surface area contributed by atoms with Gasteiger partial charge in [0.05, 0.1) is 5.38 Å². The SMILES string of the molecule is CC(C)CC1C(=O)N2CC(C)CC2C(=O)NC(C(C)C)C(=O)OC(C(C)C)C(=O)N2NCC(Cl)CC2C(=O)N2NCCCC2C(=O)N1C. The number of alkyl halides is 1. The van der Waals surface area contributed by atoms with E-state index in [9.17, 15) is 28.8 Å². The number of carbonyl (C=O) groups is 6. The molecule has 0 radical (unpaired) electrons. The molecule has 0 saturated carbocycles. The summed E-state index contributed by atoms with van der Waals surface area (Å²) in [6.45, 7) is 13.8. The van der Waals surface area contributed by atoms with Gasteiger partial charge in [-0.05, 0) is 55.8 Å². The summed E-state index contributed by atoms with van der Waals surface area (Å²) < 4.78 is 5.86. The van der Waals surface area contributed by atoms with E-state index in [1.807, 2.05) is 20.8 Å². The summed E-state index contributed by atoms with van der Waals surface area (Å²) in [4.78, 5) is 87.8. The zero-order valence-corrected chi connectivity index (χ0v) is 30.3. The Balaban J connectivity index is 1.83. The number of likely N-dealkylation sites (N-methyl/N-ethyl adjacent to an activating group) is 1. The van der Waals surface area contributed by atoms with Crippen LogP contribution in [0.1, 0.15) is 80.6 Å². The van der Waals surface area contributed by atoms with Crippen molar-refractivity contribution in [1.29, 1.82) is 0 Å². The first-order valence-electron chi connectivity index (χ1n) is 17.4. The lowest BCUT2D eigenvalue weighted by molar-refractivity contribution is -0.174. The molecule has 0 aromatic carbocycles. The summed E-state index contributed by atoms with van der Waals surface area (Å²) in [7, 11) is 1.57. The highest BCUT2D eigenvalue weighted by molar-refractivity contribution is 6.21. The number of fused-ring (bicyclic) bond motifs is 3. The predicted molar refractivity (Wildman–Crippen MR) is 178 cm³/mol. The van der Waals surface area contributed by atoms with Gasteiger partial charge >= 0.3 is 5.97 Å². The molecule has 4 saturated heterocycles. The van der Waals surface area contributed by atoms with Crippen molar-refractivity contribution in [3.05, 3.63) is 0 Å². The maximum absolute atomic E-state index is 14.4. The Morgan fingerprint density at radius 2 is 1.50 bits per heavy atom. The fourth-order valence-corrected chi connectivity index (χ4v) is 7.32. The molecule has 4 aliphatic heterocycles. The summed E-state index contributed by atoms with van der Waals surface area (Å²) in [6, 6.07) is -4.93. The van der Waals surface area contributed by atoms with Crippen molar-refractivity contribution < 1.29 is 33.5 Å². The molecule has 4 rings (SSSR count). The van der Waals surface area contributed by atoms with Gasteiger partial charge in [-0.15, -0.1) is 11.6 Å². The number of esters is 1. The summed E-state index contributed by atoms with van der Waals surface area (Å²) in [5, 5.41) is 4.79. The fraction of sp³-hybridized carbons (Fsp3) is 0.818. The molecular formula is C33H54ClN7O7. The number of hydrogen-bond acceptors (Lipinski definition) is 9. The molecule has 0 bridgehead atoms. The quantitative estimate of drug-likeness (QED) is 0.288. The molecule has 8 unspecified atom stereocenters. The van der Waals surface area contributed by atoms with Crippen molar-refractivity contribution in [2.45, 2.75) is 122 Å². The van der Waals surface area contributed by atoms with Crippen LogP contribution in [0.4, 0.5) is 0 Å². The Bertz CT molecular complexity index is 1250. The number of hydrazine groups is 2. The van der Waals surface area contributed by atoms with Gasteiger partial charge in [0.2, 0.25) is 17.7 Å². The normalized spacial score (nSPS) is 33.4. The molecule has 5 amide bonds.